The van der Waals surface area contributed by atoms with Crippen molar-refractivity contribution in [1.29, 1.82) is 0 Å². The monoisotopic (exact) mass is 113 g/mol. The van der Waals surface area contributed by atoms with Crippen LogP contribution in [0.1, 0.15) is 7.25 Å². The van der Waals surface area contributed by atoms with Crippen LogP contribution in [0.25, 0.3) is 0 Å². The number of nitrogens with zero attached hydrogens (tertiary/aromatic N) is 1. The number of H-pyrrole nitrogens is 1. The Bertz CT molecular complexity index is 149. The van der Waals surface area contributed by atoms with Gasteiger partial charge in [0.2, 0.25) is 0 Å². The lowest BCUT2D eigenvalue weighted by Crippen LogP contribution is -1.76. The Kier molecular flexibility index (Phi) is 1.17. The normalized spacial score (nSPS) is 8.57. The van der Waals surface area contributed by atoms with Crippen molar-refractivity contribution in [2.45, 2.75) is 0 Å². The van der Waals surface area contributed by atoms with Crippen LogP contribution in [0.15, 0.2) is 12.4 Å². The highest BCUT2D eigenvalue weighted by Crippen LogP contribution is 1.79. The van der Waals surface area contributed by atoms with E-state index in [0.29, 0.717) is 0 Å². The van der Waals surface area contributed by atoms with Crippen LogP contribution in [0.5, 0.6) is 0 Å². The third-order valence-corrected chi connectivity index (χ3v) is 0.854. The summed E-state index contributed by atoms with van der Waals surface area (Å²) in [5, 5.41) is 1.50. The molecular weight excluding hydrogens is 108 g/mol. The third kappa shape index (κ3) is 0.838. The van der Waals surface area contributed by atoms with Crippen LogP contribution in [0.4, 0.5) is 0 Å². The molecule has 0 aliphatic heterocycles. The molecule has 0 unspecified atom stereocenters. The zero-order valence-electron chi connectivity index (χ0n) is 4.59. The molecular formula is C4H5N2S+. The van der Waals surface area contributed by atoms with Gasteiger partial charge >= 0.3 is 1.43 Å². The van der Waals surface area contributed by atoms with E-state index >= 15 is 0 Å². The topological polar surface area (TPSA) is 28.7 Å². The third-order valence-electron chi connectivity index (χ3n) is 0.631. The molecule has 1 aromatic heterocycles. The van der Waals surface area contributed by atoms with Crippen molar-refractivity contribution in [2.75, 3.05) is 0 Å². The molecule has 0 spiro atoms. The van der Waals surface area contributed by atoms with Gasteiger partial charge < -0.3 is 4.98 Å². The van der Waals surface area contributed by atoms with Gasteiger partial charge in [0.15, 0.2) is 0 Å². The predicted molar refractivity (Wildman–Crippen MR) is 32.5 cm³/mol. The van der Waals surface area contributed by atoms with E-state index in [2.05, 4.69) is 22.2 Å². The first-order valence-corrected chi connectivity index (χ1v) is 2.35. The second-order valence-corrected chi connectivity index (χ2v) is 1.33. The first-order valence-electron chi connectivity index (χ1n) is 1.88. The molecule has 1 heterocycles. The van der Waals surface area contributed by atoms with Gasteiger partial charge in [-0.25, -0.2) is 4.98 Å². The molecule has 1 aromatic rings. The largest absolute Gasteiger partial charge is 1.00 e. The maximum atomic E-state index is 4.55. The highest BCUT2D eigenvalue weighted by molar-refractivity contribution is 7.79. The molecule has 0 aliphatic rings. The summed E-state index contributed by atoms with van der Waals surface area (Å²) in [6, 6.07) is 0. The van der Waals surface area contributed by atoms with Crippen LogP contribution < -0.4 is 0 Å². The Hall–Kier alpha value is -0.700. The molecule has 0 amide bonds. The van der Waals surface area contributed by atoms with Crippen molar-refractivity contribution in [2.24, 2.45) is 0 Å². The van der Waals surface area contributed by atoms with Crippen molar-refractivity contribution in [3.8, 4) is 0 Å². The van der Waals surface area contributed by atoms with Crippen molar-refractivity contribution < 1.29 is 1.43 Å². The standard InChI is InChI=1S/C4H4N2S/c7-3-4-5-1-2-6-4/h1-3H,(H,5,6)/p+1. The fraction of sp³-hybridized carbons (Fsp3) is 0. The summed E-state index contributed by atoms with van der Waals surface area (Å²) in [5.74, 6) is 0.745. The van der Waals surface area contributed by atoms with E-state index in [1.54, 1.807) is 12.4 Å². The number of thiocarbonyl (C=S) groups is 1. The van der Waals surface area contributed by atoms with Gasteiger partial charge in [-0.05, 0) is 0 Å². The maximum Gasteiger partial charge on any atom is 1.00 e. The van der Waals surface area contributed by atoms with Gasteiger partial charge in [0.25, 0.3) is 0 Å². The molecule has 0 aromatic carbocycles. The molecule has 0 atom stereocenters. The van der Waals surface area contributed by atoms with Gasteiger partial charge in [-0.3, -0.25) is 0 Å². The second kappa shape index (κ2) is 1.84. The quantitative estimate of drug-likeness (QED) is 0.547. The summed E-state index contributed by atoms with van der Waals surface area (Å²) in [7, 11) is 0. The SMILES string of the molecule is S=Cc1ncc[nH]1.[H+]. The molecule has 0 aliphatic carbocycles. The molecule has 0 bridgehead atoms. The average Bonchev–Trinajstić information content (AvgIpc) is 2.14. The van der Waals surface area contributed by atoms with Gasteiger partial charge in [0, 0.05) is 17.8 Å². The molecule has 0 fully saturated rings. The number of aromatic amines is 1. The predicted octanol–water partition coefficient (Wildman–Crippen LogP) is 0.870. The zero-order chi connectivity index (χ0) is 5.11. The number of aromatic nitrogens is 2. The Morgan fingerprint density at radius 3 is 3.14 bits per heavy atom. The van der Waals surface area contributed by atoms with Crippen LogP contribution in [-0.4, -0.2) is 15.3 Å². The lowest BCUT2D eigenvalue weighted by Gasteiger charge is -1.71. The molecule has 36 valence electrons. The molecule has 3 heteroatoms. The van der Waals surface area contributed by atoms with E-state index in [1.165, 1.54) is 5.37 Å². The molecule has 0 saturated heterocycles. The van der Waals surface area contributed by atoms with E-state index in [0.717, 1.165) is 5.82 Å². The van der Waals surface area contributed by atoms with Crippen LogP contribution in [0.2, 0.25) is 0 Å². The number of imidazole rings is 1. The minimum absolute atomic E-state index is 0. The molecule has 0 saturated carbocycles. The Balaban J connectivity index is 0.000000490. The Labute approximate surface area is 48.1 Å². The Morgan fingerprint density at radius 1 is 2.00 bits per heavy atom. The molecule has 0 radical (unpaired) electrons. The molecule has 1 rings (SSSR count). The summed E-state index contributed by atoms with van der Waals surface area (Å²) in [5.41, 5.74) is 0. The van der Waals surface area contributed by atoms with Crippen LogP contribution >= 0.6 is 12.2 Å². The smallest absolute Gasteiger partial charge is 0.344 e. The van der Waals surface area contributed by atoms with Gasteiger partial charge in [0.1, 0.15) is 5.82 Å². The first-order chi connectivity index (χ1) is 3.43. The number of nitrogens with one attached hydrogen (secondary N) is 1. The summed E-state index contributed by atoms with van der Waals surface area (Å²) in [6.45, 7) is 0. The number of rotatable bonds is 1. The van der Waals surface area contributed by atoms with Crippen LogP contribution in [0, 0.1) is 0 Å². The number of hydrogen-bond acceptors (Lipinski definition) is 2. The zero-order valence-corrected chi connectivity index (χ0v) is 4.40. The van der Waals surface area contributed by atoms with Crippen molar-refractivity contribution in [3.05, 3.63) is 18.2 Å². The second-order valence-electron chi connectivity index (χ2n) is 1.09. The molecule has 2 nitrogen and oxygen atoms in total. The highest BCUT2D eigenvalue weighted by atomic mass is 32.1. The molecule has 7 heavy (non-hydrogen) atoms. The van der Waals surface area contributed by atoms with E-state index < -0.39 is 0 Å². The van der Waals surface area contributed by atoms with Crippen LogP contribution in [-0.2, 0) is 0 Å². The average molecular weight is 113 g/mol. The van der Waals surface area contributed by atoms with E-state index in [9.17, 15) is 0 Å². The van der Waals surface area contributed by atoms with Gasteiger partial charge in [-0.2, -0.15) is 0 Å². The fourth-order valence-corrected chi connectivity index (χ4v) is 0.471. The lowest BCUT2D eigenvalue weighted by molar-refractivity contribution is 1.29. The van der Waals surface area contributed by atoms with Gasteiger partial charge in [-0.15, -0.1) is 0 Å². The summed E-state index contributed by atoms with van der Waals surface area (Å²) in [6.07, 6.45) is 3.40. The summed E-state index contributed by atoms with van der Waals surface area (Å²) in [4.78, 5) is 6.64. The maximum absolute atomic E-state index is 4.55. The summed E-state index contributed by atoms with van der Waals surface area (Å²) < 4.78 is 0. The van der Waals surface area contributed by atoms with Crippen molar-refractivity contribution in [3.63, 3.8) is 0 Å². The van der Waals surface area contributed by atoms with Crippen molar-refractivity contribution >= 4 is 17.6 Å². The minimum atomic E-state index is 0. The highest BCUT2D eigenvalue weighted by Gasteiger charge is 1.79. The van der Waals surface area contributed by atoms with Gasteiger partial charge in [0.05, 0.1) is 0 Å². The van der Waals surface area contributed by atoms with Crippen molar-refractivity contribution in [1.82, 2.24) is 9.97 Å². The van der Waals surface area contributed by atoms with E-state index in [-0.39, 0.29) is 1.43 Å². The Morgan fingerprint density at radius 2 is 2.86 bits per heavy atom. The molecule has 1 N–H and O–H groups in total. The first kappa shape index (κ1) is 4.46. The van der Waals surface area contributed by atoms with Gasteiger partial charge in [-0.1, -0.05) is 12.2 Å². The lowest BCUT2D eigenvalue weighted by atomic mass is 10.7. The number of hydrogen-bond donors (Lipinski definition) is 1. The minimum Gasteiger partial charge on any atom is -0.344 e. The van der Waals surface area contributed by atoms with E-state index in [4.69, 9.17) is 0 Å². The summed E-state index contributed by atoms with van der Waals surface area (Å²) >= 11 is 4.55. The van der Waals surface area contributed by atoms with Crippen LogP contribution in [0.3, 0.4) is 0 Å². The van der Waals surface area contributed by atoms with E-state index in [1.807, 2.05) is 0 Å². The fourth-order valence-electron chi connectivity index (χ4n) is 0.342.